The summed E-state index contributed by atoms with van der Waals surface area (Å²) in [5.41, 5.74) is 0.910. The molecule has 2 aromatic carbocycles. The summed E-state index contributed by atoms with van der Waals surface area (Å²) in [7, 11) is 1.61. The molecule has 0 aliphatic heterocycles. The molecule has 3 nitrogen and oxygen atoms in total. The number of hydrogen-bond donors (Lipinski definition) is 0. The average Bonchev–Trinajstić information content (AvgIpc) is 2.96. The molecule has 1 heterocycles. The number of furan rings is 1. The van der Waals surface area contributed by atoms with E-state index in [0.717, 1.165) is 22.1 Å². The highest BCUT2D eigenvalue weighted by atomic mass is 35.5. The van der Waals surface area contributed by atoms with Crippen molar-refractivity contribution in [3.63, 3.8) is 0 Å². The first-order chi connectivity index (χ1) is 10.7. The molecule has 118 valence electrons. The van der Waals surface area contributed by atoms with Gasteiger partial charge in [-0.15, -0.1) is 12.4 Å². The Bertz CT molecular complexity index is 848. The van der Waals surface area contributed by atoms with Gasteiger partial charge in [-0.05, 0) is 42.0 Å². The Kier molecular flexibility index (Phi) is 5.48. The molecule has 0 radical (unpaired) electrons. The van der Waals surface area contributed by atoms with Crippen LogP contribution < -0.4 is 4.74 Å². The van der Waals surface area contributed by atoms with Crippen LogP contribution in [0.5, 0.6) is 5.75 Å². The van der Waals surface area contributed by atoms with Crippen LogP contribution in [0, 0.1) is 0 Å². The van der Waals surface area contributed by atoms with Crippen LogP contribution in [0.25, 0.3) is 16.8 Å². The second kappa shape index (κ2) is 7.36. The zero-order valence-corrected chi connectivity index (χ0v) is 13.9. The van der Waals surface area contributed by atoms with Gasteiger partial charge < -0.3 is 9.15 Å². The number of carbonyl (C=O) groups excluding carboxylic acids is 1. The Morgan fingerprint density at radius 3 is 2.61 bits per heavy atom. The number of rotatable bonds is 4. The van der Waals surface area contributed by atoms with Crippen LogP contribution in [-0.4, -0.2) is 12.9 Å². The molecule has 0 amide bonds. The molecule has 1 aromatic heterocycles. The lowest BCUT2D eigenvalue weighted by Gasteiger charge is -1.98. The minimum absolute atomic E-state index is 0. The summed E-state index contributed by atoms with van der Waals surface area (Å²) in [5, 5.41) is 2.18. The lowest BCUT2D eigenvalue weighted by Crippen LogP contribution is -1.92. The molecule has 5 heteroatoms. The van der Waals surface area contributed by atoms with Crippen molar-refractivity contribution in [3.8, 4) is 5.75 Å². The van der Waals surface area contributed by atoms with E-state index in [4.69, 9.17) is 20.8 Å². The molecule has 0 aliphatic carbocycles. The zero-order chi connectivity index (χ0) is 15.5. The van der Waals surface area contributed by atoms with Gasteiger partial charge in [0.2, 0.25) is 5.78 Å². The zero-order valence-electron chi connectivity index (χ0n) is 12.3. The average molecular weight is 349 g/mol. The lowest BCUT2D eigenvalue weighted by molar-refractivity contribution is 0.102. The number of methoxy groups -OCH3 is 1. The third kappa shape index (κ3) is 3.76. The molecular formula is C18H14Cl2O3. The number of fused-ring (bicyclic) bond motifs is 1. The van der Waals surface area contributed by atoms with Gasteiger partial charge in [-0.1, -0.05) is 29.8 Å². The number of carbonyl (C=O) groups is 1. The predicted octanol–water partition coefficient (Wildman–Crippen LogP) is 5.41. The second-order valence-electron chi connectivity index (χ2n) is 4.77. The Hall–Kier alpha value is -2.23. The van der Waals surface area contributed by atoms with Gasteiger partial charge in [0.05, 0.1) is 13.4 Å². The lowest BCUT2D eigenvalue weighted by atomic mass is 10.1. The Morgan fingerprint density at radius 1 is 1.17 bits per heavy atom. The molecule has 0 unspecified atom stereocenters. The third-order valence-electron chi connectivity index (χ3n) is 3.33. The van der Waals surface area contributed by atoms with Gasteiger partial charge >= 0.3 is 0 Å². The van der Waals surface area contributed by atoms with Crippen molar-refractivity contribution < 1.29 is 13.9 Å². The first-order valence-electron chi connectivity index (χ1n) is 6.70. The van der Waals surface area contributed by atoms with Crippen molar-refractivity contribution in [2.75, 3.05) is 7.11 Å². The van der Waals surface area contributed by atoms with E-state index in [-0.39, 0.29) is 18.2 Å². The first-order valence-corrected chi connectivity index (χ1v) is 7.08. The molecule has 0 fully saturated rings. The molecule has 0 bridgehead atoms. The van der Waals surface area contributed by atoms with E-state index < -0.39 is 0 Å². The maximum absolute atomic E-state index is 12.3. The van der Waals surface area contributed by atoms with Gasteiger partial charge in [-0.3, -0.25) is 4.79 Å². The minimum Gasteiger partial charge on any atom is -0.497 e. The molecule has 0 aliphatic rings. The van der Waals surface area contributed by atoms with E-state index in [1.165, 1.54) is 12.3 Å². The Balaban J connectivity index is 0.00000192. The summed E-state index contributed by atoms with van der Waals surface area (Å²) in [6, 6.07) is 12.7. The maximum atomic E-state index is 12.3. The highest BCUT2D eigenvalue weighted by Gasteiger charge is 2.12. The van der Waals surface area contributed by atoms with Gasteiger partial charge in [-0.2, -0.15) is 0 Å². The summed E-state index contributed by atoms with van der Waals surface area (Å²) >= 11 is 5.92. The minimum atomic E-state index is -0.187. The van der Waals surface area contributed by atoms with E-state index in [0.29, 0.717) is 10.8 Å². The van der Waals surface area contributed by atoms with E-state index >= 15 is 0 Å². The molecule has 0 saturated carbocycles. The highest BCUT2D eigenvalue weighted by Crippen LogP contribution is 2.25. The predicted molar refractivity (Wildman–Crippen MR) is 94.8 cm³/mol. The van der Waals surface area contributed by atoms with Crippen molar-refractivity contribution in [2.45, 2.75) is 0 Å². The number of allylic oxidation sites excluding steroid dienone is 1. The maximum Gasteiger partial charge on any atom is 0.221 e. The van der Waals surface area contributed by atoms with Crippen LogP contribution in [0.2, 0.25) is 5.02 Å². The van der Waals surface area contributed by atoms with Gasteiger partial charge in [0.15, 0.2) is 5.76 Å². The van der Waals surface area contributed by atoms with Crippen molar-refractivity contribution in [2.24, 2.45) is 0 Å². The van der Waals surface area contributed by atoms with Gasteiger partial charge in [0.1, 0.15) is 5.75 Å². The van der Waals surface area contributed by atoms with Crippen LogP contribution in [0.4, 0.5) is 0 Å². The molecule has 0 spiro atoms. The number of ketones is 1. The molecule has 23 heavy (non-hydrogen) atoms. The number of ether oxygens (including phenoxy) is 1. The van der Waals surface area contributed by atoms with E-state index in [9.17, 15) is 4.79 Å². The largest absolute Gasteiger partial charge is 0.497 e. The van der Waals surface area contributed by atoms with E-state index in [1.807, 2.05) is 24.3 Å². The summed E-state index contributed by atoms with van der Waals surface area (Å²) in [6.07, 6.45) is 4.77. The summed E-state index contributed by atoms with van der Waals surface area (Å²) in [5.74, 6) is 0.905. The van der Waals surface area contributed by atoms with Crippen molar-refractivity contribution >= 4 is 46.6 Å². The van der Waals surface area contributed by atoms with Crippen molar-refractivity contribution in [3.05, 3.63) is 71.2 Å². The van der Waals surface area contributed by atoms with Crippen LogP contribution >= 0.6 is 24.0 Å². The van der Waals surface area contributed by atoms with Crippen molar-refractivity contribution in [1.29, 1.82) is 0 Å². The van der Waals surface area contributed by atoms with Crippen LogP contribution in [0.15, 0.2) is 59.2 Å². The first kappa shape index (κ1) is 17.1. The molecule has 0 N–H and O–H groups in total. The molecular weight excluding hydrogens is 335 g/mol. The summed E-state index contributed by atoms with van der Waals surface area (Å²) in [4.78, 5) is 12.3. The van der Waals surface area contributed by atoms with Crippen LogP contribution in [0.1, 0.15) is 16.1 Å². The second-order valence-corrected chi connectivity index (χ2v) is 5.20. The highest BCUT2D eigenvalue weighted by molar-refractivity contribution is 6.31. The number of benzene rings is 2. The van der Waals surface area contributed by atoms with Gasteiger partial charge in [0.25, 0.3) is 0 Å². The summed E-state index contributed by atoms with van der Waals surface area (Å²) < 4.78 is 10.5. The standard InChI is InChI=1S/C18H13ClO3.ClH/c1-21-15-6-2-12(3-7-15)4-9-17(20)18-16-8-5-14(19)10-13(16)11-22-18;/h2-11H,1H3;1H. The molecule has 0 saturated heterocycles. The number of hydrogen-bond acceptors (Lipinski definition) is 3. The Labute approximate surface area is 144 Å². The fraction of sp³-hybridized carbons (Fsp3) is 0.0556. The summed E-state index contributed by atoms with van der Waals surface area (Å²) in [6.45, 7) is 0. The number of halogens is 2. The van der Waals surface area contributed by atoms with E-state index in [2.05, 4.69) is 0 Å². The SMILES string of the molecule is COc1ccc(C=CC(=O)c2occ3cc(Cl)ccc23)cc1.Cl. The normalized spacial score (nSPS) is 10.7. The Morgan fingerprint density at radius 2 is 1.91 bits per heavy atom. The van der Waals surface area contributed by atoms with Crippen LogP contribution in [0.3, 0.4) is 0 Å². The smallest absolute Gasteiger partial charge is 0.221 e. The van der Waals surface area contributed by atoms with Gasteiger partial charge in [0, 0.05) is 15.8 Å². The fourth-order valence-electron chi connectivity index (χ4n) is 2.18. The molecule has 3 rings (SSSR count). The topological polar surface area (TPSA) is 39.4 Å². The van der Waals surface area contributed by atoms with E-state index in [1.54, 1.807) is 31.4 Å². The fourth-order valence-corrected chi connectivity index (χ4v) is 2.36. The van der Waals surface area contributed by atoms with Crippen LogP contribution in [-0.2, 0) is 0 Å². The van der Waals surface area contributed by atoms with Crippen molar-refractivity contribution in [1.82, 2.24) is 0 Å². The monoisotopic (exact) mass is 348 g/mol. The van der Waals surface area contributed by atoms with Gasteiger partial charge in [-0.25, -0.2) is 0 Å². The molecule has 3 aromatic rings. The molecule has 0 atom stereocenters. The quantitative estimate of drug-likeness (QED) is 0.467. The third-order valence-corrected chi connectivity index (χ3v) is 3.56.